The van der Waals surface area contributed by atoms with E-state index in [1.165, 1.54) is 0 Å². The molecule has 0 saturated heterocycles. The average Bonchev–Trinajstić information content (AvgIpc) is 2.91. The molecule has 1 atom stereocenters. The zero-order valence-electron chi connectivity index (χ0n) is 21.2. The highest BCUT2D eigenvalue weighted by molar-refractivity contribution is 6.07. The largest absolute Gasteiger partial charge is 0.493 e. The van der Waals surface area contributed by atoms with Gasteiger partial charge in [0.2, 0.25) is 0 Å². The number of hydrogen-bond donors (Lipinski definition) is 1. The summed E-state index contributed by atoms with van der Waals surface area (Å²) in [5.41, 5.74) is 1.26. The van der Waals surface area contributed by atoms with Gasteiger partial charge in [-0.25, -0.2) is 4.79 Å². The number of unbranched alkanes of at least 4 members (excludes halogenated alkanes) is 4. The van der Waals surface area contributed by atoms with Gasteiger partial charge in [0, 0.05) is 11.8 Å². The molecule has 0 heterocycles. The van der Waals surface area contributed by atoms with Crippen LogP contribution in [-0.4, -0.2) is 30.3 Å². The Bertz CT molecular complexity index is 1120. The first-order valence-corrected chi connectivity index (χ1v) is 12.8. The maximum Gasteiger partial charge on any atom is 0.344 e. The summed E-state index contributed by atoms with van der Waals surface area (Å²) in [7, 11) is 0. The van der Waals surface area contributed by atoms with Crippen LogP contribution >= 0.6 is 0 Å². The lowest BCUT2D eigenvalue weighted by Gasteiger charge is -2.13. The van der Waals surface area contributed by atoms with E-state index >= 15 is 0 Å². The van der Waals surface area contributed by atoms with Crippen molar-refractivity contribution in [3.05, 3.63) is 71.8 Å². The minimum atomic E-state index is -0.525. The second-order valence-electron chi connectivity index (χ2n) is 8.73. The summed E-state index contributed by atoms with van der Waals surface area (Å²) in [6.45, 7) is 4.80. The van der Waals surface area contributed by atoms with E-state index in [4.69, 9.17) is 14.2 Å². The van der Waals surface area contributed by atoms with Crippen molar-refractivity contribution in [2.24, 2.45) is 0 Å². The third kappa shape index (κ3) is 7.82. The van der Waals surface area contributed by atoms with Crippen molar-refractivity contribution in [3.8, 4) is 11.5 Å². The lowest BCUT2D eigenvalue weighted by molar-refractivity contribution is -0.143. The number of esters is 2. The van der Waals surface area contributed by atoms with Crippen molar-refractivity contribution in [1.82, 2.24) is 0 Å². The van der Waals surface area contributed by atoms with Crippen molar-refractivity contribution < 1.29 is 28.9 Å². The van der Waals surface area contributed by atoms with E-state index in [1.54, 1.807) is 37.3 Å². The van der Waals surface area contributed by atoms with Gasteiger partial charge in [-0.1, -0.05) is 69.5 Å². The van der Waals surface area contributed by atoms with Crippen LogP contribution in [0.5, 0.6) is 11.5 Å². The number of carbonyl (C=O) groups is 2. The van der Waals surface area contributed by atoms with Crippen molar-refractivity contribution in [2.75, 3.05) is 13.2 Å². The maximum absolute atomic E-state index is 12.9. The fraction of sp³-hybridized carbons (Fsp3) is 0.400. The zero-order chi connectivity index (χ0) is 25.8. The number of aliphatic hydroxyl groups is 1. The normalized spacial score (nSPS) is 11.8. The van der Waals surface area contributed by atoms with Crippen LogP contribution in [0.15, 0.2) is 60.7 Å². The lowest BCUT2D eigenvalue weighted by Crippen LogP contribution is -2.10. The lowest BCUT2D eigenvalue weighted by atomic mass is 10.0. The molecule has 0 bridgehead atoms. The first kappa shape index (κ1) is 27.2. The second kappa shape index (κ2) is 14.2. The number of rotatable bonds is 14. The van der Waals surface area contributed by atoms with E-state index in [-0.39, 0.29) is 5.97 Å². The SMILES string of the molecule is CCC(=O)OCCCCCCCOc1ccc(C(=O)Oc2ccc(C(O)CC)cc2)c2ccccc12. The number of benzene rings is 3. The Morgan fingerprint density at radius 3 is 2.17 bits per heavy atom. The molecule has 0 saturated carbocycles. The number of aliphatic hydroxyl groups excluding tert-OH is 1. The predicted molar refractivity (Wildman–Crippen MR) is 140 cm³/mol. The third-order valence-electron chi connectivity index (χ3n) is 6.06. The number of hydrogen-bond acceptors (Lipinski definition) is 6. The average molecular weight is 493 g/mol. The van der Waals surface area contributed by atoms with Crippen LogP contribution in [0.4, 0.5) is 0 Å². The topological polar surface area (TPSA) is 82.1 Å². The van der Waals surface area contributed by atoms with E-state index in [2.05, 4.69) is 0 Å². The third-order valence-corrected chi connectivity index (χ3v) is 6.06. The van der Waals surface area contributed by atoms with Gasteiger partial charge in [-0.15, -0.1) is 0 Å². The van der Waals surface area contributed by atoms with Gasteiger partial charge in [0.25, 0.3) is 0 Å². The van der Waals surface area contributed by atoms with Crippen LogP contribution in [-0.2, 0) is 9.53 Å². The van der Waals surface area contributed by atoms with Gasteiger partial charge < -0.3 is 19.3 Å². The Labute approximate surface area is 213 Å². The van der Waals surface area contributed by atoms with E-state index < -0.39 is 12.1 Å². The molecule has 192 valence electrons. The quantitative estimate of drug-likeness (QED) is 0.152. The fourth-order valence-electron chi connectivity index (χ4n) is 3.94. The van der Waals surface area contributed by atoms with E-state index in [1.807, 2.05) is 37.3 Å². The van der Waals surface area contributed by atoms with E-state index in [9.17, 15) is 14.7 Å². The predicted octanol–water partition coefficient (Wildman–Crippen LogP) is 6.78. The first-order valence-electron chi connectivity index (χ1n) is 12.8. The summed E-state index contributed by atoms with van der Waals surface area (Å²) < 4.78 is 16.7. The Hall–Kier alpha value is -3.38. The molecule has 0 aromatic heterocycles. The minimum absolute atomic E-state index is 0.142. The summed E-state index contributed by atoms with van der Waals surface area (Å²) in [5.74, 6) is 0.592. The number of fused-ring (bicyclic) bond motifs is 1. The zero-order valence-corrected chi connectivity index (χ0v) is 21.2. The molecule has 0 spiro atoms. The molecule has 0 radical (unpaired) electrons. The van der Waals surface area contributed by atoms with Crippen LogP contribution in [0.1, 0.15) is 80.8 Å². The molecule has 6 nitrogen and oxygen atoms in total. The number of carbonyl (C=O) groups excluding carboxylic acids is 2. The van der Waals surface area contributed by atoms with E-state index in [0.29, 0.717) is 37.4 Å². The van der Waals surface area contributed by atoms with Gasteiger partial charge in [-0.2, -0.15) is 0 Å². The van der Waals surface area contributed by atoms with Crippen molar-refractivity contribution >= 4 is 22.7 Å². The van der Waals surface area contributed by atoms with Gasteiger partial charge in [0.15, 0.2) is 0 Å². The molecule has 0 aliphatic carbocycles. The molecule has 3 aromatic carbocycles. The van der Waals surface area contributed by atoms with E-state index in [0.717, 1.165) is 54.2 Å². The summed E-state index contributed by atoms with van der Waals surface area (Å²) in [5, 5.41) is 11.6. The molecule has 1 unspecified atom stereocenters. The molecular formula is C30H36O6. The summed E-state index contributed by atoms with van der Waals surface area (Å²) in [4.78, 5) is 24.1. The molecule has 0 fully saturated rings. The summed E-state index contributed by atoms with van der Waals surface area (Å²) in [6.07, 6.45) is 5.47. The van der Waals surface area contributed by atoms with Crippen LogP contribution in [0, 0.1) is 0 Å². The van der Waals surface area contributed by atoms with Gasteiger partial charge >= 0.3 is 11.9 Å². The molecular weight excluding hydrogens is 456 g/mol. The second-order valence-corrected chi connectivity index (χ2v) is 8.73. The van der Waals surface area contributed by atoms with Gasteiger partial charge in [0.05, 0.1) is 24.9 Å². The van der Waals surface area contributed by atoms with Crippen molar-refractivity contribution in [1.29, 1.82) is 0 Å². The Morgan fingerprint density at radius 2 is 1.47 bits per heavy atom. The molecule has 0 aliphatic heterocycles. The first-order chi connectivity index (χ1) is 17.5. The molecule has 0 aliphatic rings. The van der Waals surface area contributed by atoms with Crippen LogP contribution in [0.25, 0.3) is 10.8 Å². The minimum Gasteiger partial charge on any atom is -0.493 e. The van der Waals surface area contributed by atoms with Gasteiger partial charge in [-0.05, 0) is 54.5 Å². The van der Waals surface area contributed by atoms with Gasteiger partial charge in [0.1, 0.15) is 11.5 Å². The standard InChI is InChI=1S/C30H36O6/c1-3-27(31)22-14-16-23(17-15-22)36-30(33)26-18-19-28(25-13-9-8-12-24(25)26)34-20-10-6-5-7-11-21-35-29(32)4-2/h8-9,12-19,27,31H,3-7,10-11,20-21H2,1-2H3. The molecule has 3 aromatic rings. The molecule has 0 amide bonds. The monoisotopic (exact) mass is 492 g/mol. The summed E-state index contributed by atoms with van der Waals surface area (Å²) in [6, 6.07) is 18.2. The van der Waals surface area contributed by atoms with Crippen molar-refractivity contribution in [3.63, 3.8) is 0 Å². The maximum atomic E-state index is 12.9. The number of ether oxygens (including phenoxy) is 3. The Balaban J connectivity index is 1.53. The molecule has 36 heavy (non-hydrogen) atoms. The fourth-order valence-corrected chi connectivity index (χ4v) is 3.94. The molecule has 6 heteroatoms. The molecule has 1 N–H and O–H groups in total. The van der Waals surface area contributed by atoms with Crippen LogP contribution in [0.3, 0.4) is 0 Å². The van der Waals surface area contributed by atoms with Crippen LogP contribution < -0.4 is 9.47 Å². The highest BCUT2D eigenvalue weighted by Gasteiger charge is 2.15. The Morgan fingerprint density at radius 1 is 0.806 bits per heavy atom. The van der Waals surface area contributed by atoms with Gasteiger partial charge in [-0.3, -0.25) is 4.79 Å². The molecule has 3 rings (SSSR count). The Kier molecular flexibility index (Phi) is 10.8. The van der Waals surface area contributed by atoms with Crippen molar-refractivity contribution in [2.45, 2.75) is 64.9 Å². The highest BCUT2D eigenvalue weighted by Crippen LogP contribution is 2.30. The highest BCUT2D eigenvalue weighted by atomic mass is 16.5. The smallest absolute Gasteiger partial charge is 0.344 e. The summed E-state index contributed by atoms with van der Waals surface area (Å²) >= 11 is 0. The van der Waals surface area contributed by atoms with Crippen LogP contribution in [0.2, 0.25) is 0 Å².